The topological polar surface area (TPSA) is 38.7 Å². The Morgan fingerprint density at radius 3 is 2.54 bits per heavy atom. The van der Waals surface area contributed by atoms with Crippen LogP contribution in [0.25, 0.3) is 0 Å². The minimum absolute atomic E-state index is 0.104. The van der Waals surface area contributed by atoms with E-state index in [2.05, 4.69) is 22.4 Å². The molecule has 0 bridgehead atoms. The monoisotopic (exact) mass is 201 g/mol. The van der Waals surface area contributed by atoms with Gasteiger partial charge in [-0.1, -0.05) is 13.8 Å². The van der Waals surface area contributed by atoms with Crippen molar-refractivity contribution in [3.05, 3.63) is 0 Å². The fraction of sp³-hybridized carbons (Fsp3) is 0.778. The number of esters is 1. The SMILES string of the molecule is CC(C)C(=O)OCC(C)(C)N=C=S. The second-order valence-corrected chi connectivity index (χ2v) is 3.96. The highest BCUT2D eigenvalue weighted by molar-refractivity contribution is 7.78. The molecule has 0 fully saturated rings. The van der Waals surface area contributed by atoms with Gasteiger partial charge in [-0.3, -0.25) is 4.79 Å². The normalized spacial score (nSPS) is 10.8. The molecule has 0 saturated heterocycles. The zero-order valence-corrected chi connectivity index (χ0v) is 9.27. The molecule has 0 aromatic carbocycles. The molecule has 0 N–H and O–H groups in total. The summed E-state index contributed by atoms with van der Waals surface area (Å²) in [5.41, 5.74) is -0.466. The number of carbonyl (C=O) groups is 1. The first-order chi connectivity index (χ1) is 5.89. The number of ether oxygens (including phenoxy) is 1. The summed E-state index contributed by atoms with van der Waals surface area (Å²) in [6.45, 7) is 7.49. The molecule has 3 nitrogen and oxygen atoms in total. The maximum Gasteiger partial charge on any atom is 0.308 e. The van der Waals surface area contributed by atoms with E-state index in [-0.39, 0.29) is 18.5 Å². The minimum Gasteiger partial charge on any atom is -0.463 e. The highest BCUT2D eigenvalue weighted by Crippen LogP contribution is 2.09. The Morgan fingerprint density at radius 1 is 1.62 bits per heavy atom. The van der Waals surface area contributed by atoms with Crippen molar-refractivity contribution in [3.63, 3.8) is 0 Å². The molecule has 0 radical (unpaired) electrons. The molecule has 4 heteroatoms. The molecule has 0 aliphatic rings. The highest BCUT2D eigenvalue weighted by atomic mass is 32.1. The first kappa shape index (κ1) is 12.3. The first-order valence-corrected chi connectivity index (χ1v) is 4.55. The maximum atomic E-state index is 11.1. The molecule has 0 aliphatic heterocycles. The molecular formula is C9H15NO2S. The molecular weight excluding hydrogens is 186 g/mol. The first-order valence-electron chi connectivity index (χ1n) is 4.15. The van der Waals surface area contributed by atoms with Gasteiger partial charge < -0.3 is 4.74 Å². The molecule has 0 aliphatic carbocycles. The summed E-state index contributed by atoms with van der Waals surface area (Å²) in [5, 5.41) is 2.28. The van der Waals surface area contributed by atoms with Crippen LogP contribution in [0.5, 0.6) is 0 Å². The number of isothiocyanates is 1. The van der Waals surface area contributed by atoms with Gasteiger partial charge >= 0.3 is 5.97 Å². The van der Waals surface area contributed by atoms with Gasteiger partial charge in [0.05, 0.1) is 16.6 Å². The van der Waals surface area contributed by atoms with Gasteiger partial charge in [0.2, 0.25) is 0 Å². The number of hydrogen-bond donors (Lipinski definition) is 0. The molecule has 0 saturated carbocycles. The highest BCUT2D eigenvalue weighted by Gasteiger charge is 2.19. The molecule has 0 spiro atoms. The summed E-state index contributed by atoms with van der Waals surface area (Å²) in [7, 11) is 0. The van der Waals surface area contributed by atoms with Gasteiger partial charge in [-0.05, 0) is 26.1 Å². The van der Waals surface area contributed by atoms with E-state index in [1.807, 2.05) is 13.8 Å². The number of aliphatic imine (C=N–C) groups is 1. The Morgan fingerprint density at radius 2 is 2.15 bits per heavy atom. The predicted molar refractivity (Wildman–Crippen MR) is 54.9 cm³/mol. The molecule has 74 valence electrons. The molecule has 0 amide bonds. The van der Waals surface area contributed by atoms with Crippen molar-refractivity contribution >= 4 is 23.3 Å². The summed E-state index contributed by atoms with van der Waals surface area (Å²) in [5.74, 6) is -0.320. The van der Waals surface area contributed by atoms with Gasteiger partial charge in [-0.25, -0.2) is 4.99 Å². The van der Waals surface area contributed by atoms with Crippen LogP contribution in [0.15, 0.2) is 4.99 Å². The average Bonchev–Trinajstić information content (AvgIpc) is 2.00. The van der Waals surface area contributed by atoms with Gasteiger partial charge in [-0.2, -0.15) is 0 Å². The molecule has 0 rings (SSSR count). The summed E-state index contributed by atoms with van der Waals surface area (Å²) in [6.07, 6.45) is 0. The van der Waals surface area contributed by atoms with Crippen LogP contribution in [0.1, 0.15) is 27.7 Å². The predicted octanol–water partition coefficient (Wildman–Crippen LogP) is 2.07. The third-order valence-electron chi connectivity index (χ3n) is 1.39. The van der Waals surface area contributed by atoms with E-state index in [4.69, 9.17) is 4.74 Å². The lowest BCUT2D eigenvalue weighted by Crippen LogP contribution is -2.27. The van der Waals surface area contributed by atoms with E-state index in [1.54, 1.807) is 13.8 Å². The van der Waals surface area contributed by atoms with E-state index in [1.165, 1.54) is 0 Å². The van der Waals surface area contributed by atoms with Gasteiger partial charge in [-0.15, -0.1) is 0 Å². The second kappa shape index (κ2) is 5.10. The summed E-state index contributed by atoms with van der Waals surface area (Å²) in [6, 6.07) is 0. The number of rotatable bonds is 4. The lowest BCUT2D eigenvalue weighted by Gasteiger charge is -2.18. The fourth-order valence-corrected chi connectivity index (χ4v) is 0.817. The molecule has 0 aromatic heterocycles. The van der Waals surface area contributed by atoms with E-state index in [0.717, 1.165) is 0 Å². The van der Waals surface area contributed by atoms with Crippen LogP contribution in [0, 0.1) is 5.92 Å². The van der Waals surface area contributed by atoms with Crippen LogP contribution in [-0.2, 0) is 9.53 Å². The Hall–Kier alpha value is -0.730. The van der Waals surface area contributed by atoms with Crippen molar-refractivity contribution in [3.8, 4) is 0 Å². The lowest BCUT2D eigenvalue weighted by atomic mass is 10.1. The Balaban J connectivity index is 4.02. The van der Waals surface area contributed by atoms with E-state index < -0.39 is 5.54 Å². The van der Waals surface area contributed by atoms with Gasteiger partial charge in [0.15, 0.2) is 0 Å². The van der Waals surface area contributed by atoms with Crippen LogP contribution in [0.3, 0.4) is 0 Å². The van der Waals surface area contributed by atoms with Crippen molar-refractivity contribution < 1.29 is 9.53 Å². The van der Waals surface area contributed by atoms with Gasteiger partial charge in [0.25, 0.3) is 0 Å². The Labute approximate surface area is 84.2 Å². The quantitative estimate of drug-likeness (QED) is 0.397. The minimum atomic E-state index is -0.466. The zero-order valence-electron chi connectivity index (χ0n) is 8.46. The average molecular weight is 201 g/mol. The second-order valence-electron chi connectivity index (χ2n) is 3.78. The van der Waals surface area contributed by atoms with Crippen molar-refractivity contribution in [2.45, 2.75) is 33.2 Å². The van der Waals surface area contributed by atoms with E-state index in [9.17, 15) is 4.79 Å². The van der Waals surface area contributed by atoms with Crippen LogP contribution >= 0.6 is 12.2 Å². The third kappa shape index (κ3) is 5.50. The van der Waals surface area contributed by atoms with Crippen molar-refractivity contribution in [2.75, 3.05) is 6.61 Å². The van der Waals surface area contributed by atoms with Crippen molar-refractivity contribution in [1.29, 1.82) is 0 Å². The summed E-state index contributed by atoms with van der Waals surface area (Å²) >= 11 is 4.47. The van der Waals surface area contributed by atoms with E-state index in [0.29, 0.717) is 0 Å². The molecule has 0 unspecified atom stereocenters. The Bertz CT molecular complexity index is 230. The number of nitrogens with zero attached hydrogens (tertiary/aromatic N) is 1. The van der Waals surface area contributed by atoms with Gasteiger partial charge in [0.1, 0.15) is 6.61 Å². The zero-order chi connectivity index (χ0) is 10.5. The smallest absolute Gasteiger partial charge is 0.308 e. The maximum absolute atomic E-state index is 11.1. The van der Waals surface area contributed by atoms with E-state index >= 15 is 0 Å². The van der Waals surface area contributed by atoms with Crippen LogP contribution in [0.2, 0.25) is 0 Å². The lowest BCUT2D eigenvalue weighted by molar-refractivity contribution is -0.148. The summed E-state index contributed by atoms with van der Waals surface area (Å²) < 4.78 is 5.00. The van der Waals surface area contributed by atoms with Crippen LogP contribution in [-0.4, -0.2) is 23.3 Å². The molecule has 0 atom stereocenters. The standard InChI is InChI=1S/C9H15NO2S/c1-7(2)8(11)12-5-9(3,4)10-6-13/h7H,5H2,1-4H3. The Kier molecular flexibility index (Phi) is 4.81. The summed E-state index contributed by atoms with van der Waals surface area (Å²) in [4.78, 5) is 15.0. The largest absolute Gasteiger partial charge is 0.463 e. The van der Waals surface area contributed by atoms with Gasteiger partial charge in [0, 0.05) is 0 Å². The van der Waals surface area contributed by atoms with Crippen LogP contribution in [0.4, 0.5) is 0 Å². The van der Waals surface area contributed by atoms with Crippen molar-refractivity contribution in [1.82, 2.24) is 0 Å². The van der Waals surface area contributed by atoms with Crippen molar-refractivity contribution in [2.24, 2.45) is 10.9 Å². The molecule has 13 heavy (non-hydrogen) atoms. The van der Waals surface area contributed by atoms with Crippen LogP contribution < -0.4 is 0 Å². The number of carbonyl (C=O) groups excluding carboxylic acids is 1. The number of thiocarbonyl (C=S) groups is 1. The molecule has 0 aromatic rings. The number of hydrogen-bond acceptors (Lipinski definition) is 4. The molecule has 0 heterocycles. The third-order valence-corrected chi connectivity index (χ3v) is 1.48. The fourth-order valence-electron chi connectivity index (χ4n) is 0.570.